The van der Waals surface area contributed by atoms with Crippen molar-refractivity contribution in [3.63, 3.8) is 0 Å². The highest BCUT2D eigenvalue weighted by molar-refractivity contribution is 5.77. The first-order chi connectivity index (χ1) is 10.1. The lowest BCUT2D eigenvalue weighted by atomic mass is 10.2. The maximum atomic E-state index is 12.1. The third-order valence-corrected chi connectivity index (χ3v) is 3.64. The molecule has 0 aliphatic carbocycles. The molecule has 2 aromatic rings. The van der Waals surface area contributed by atoms with Crippen LogP contribution in [0, 0.1) is 0 Å². The van der Waals surface area contributed by atoms with Crippen LogP contribution in [-0.2, 0) is 11.3 Å². The molecule has 0 bridgehead atoms. The molecular weight excluding hydrogens is 268 g/mol. The fourth-order valence-corrected chi connectivity index (χ4v) is 2.03. The molecule has 0 aliphatic heterocycles. The third-order valence-electron chi connectivity index (χ3n) is 3.64. The van der Waals surface area contributed by atoms with Crippen molar-refractivity contribution in [2.75, 3.05) is 13.6 Å². The summed E-state index contributed by atoms with van der Waals surface area (Å²) < 4.78 is 7.12. The monoisotopic (exact) mass is 290 g/mol. The maximum Gasteiger partial charge on any atom is 0.236 e. The topological polar surface area (TPSA) is 63.3 Å². The van der Waals surface area contributed by atoms with Gasteiger partial charge in [-0.3, -0.25) is 9.48 Å². The lowest BCUT2D eigenvalue weighted by Gasteiger charge is -2.23. The van der Waals surface area contributed by atoms with Gasteiger partial charge in [0.2, 0.25) is 5.91 Å². The van der Waals surface area contributed by atoms with E-state index >= 15 is 0 Å². The summed E-state index contributed by atoms with van der Waals surface area (Å²) in [5, 5.41) is 7.47. The molecule has 0 saturated carbocycles. The van der Waals surface area contributed by atoms with Gasteiger partial charge in [-0.2, -0.15) is 5.10 Å². The van der Waals surface area contributed by atoms with Gasteiger partial charge in [-0.15, -0.1) is 0 Å². The Bertz CT molecular complexity index is 536. The SMILES string of the molecule is C[C@H](NCC(=O)N(C)Cc1ccco1)[C@H](C)n1cccn1. The molecule has 0 aromatic carbocycles. The number of likely N-dealkylation sites (N-methyl/N-ethyl adjacent to an activating group) is 1. The molecule has 2 atom stereocenters. The van der Waals surface area contributed by atoms with Gasteiger partial charge in [-0.25, -0.2) is 0 Å². The number of furan rings is 1. The molecule has 0 radical (unpaired) electrons. The summed E-state index contributed by atoms with van der Waals surface area (Å²) in [5.41, 5.74) is 0. The predicted molar refractivity (Wildman–Crippen MR) is 79.6 cm³/mol. The summed E-state index contributed by atoms with van der Waals surface area (Å²) in [4.78, 5) is 13.7. The Morgan fingerprint density at radius 3 is 2.90 bits per heavy atom. The number of hydrogen-bond acceptors (Lipinski definition) is 4. The molecule has 1 amide bonds. The number of carbonyl (C=O) groups excluding carboxylic acids is 1. The summed E-state index contributed by atoms with van der Waals surface area (Å²) in [6.45, 7) is 4.90. The van der Waals surface area contributed by atoms with Gasteiger partial charge in [-0.05, 0) is 32.0 Å². The molecule has 0 fully saturated rings. The van der Waals surface area contributed by atoms with E-state index in [4.69, 9.17) is 4.42 Å². The largest absolute Gasteiger partial charge is 0.467 e. The van der Waals surface area contributed by atoms with E-state index < -0.39 is 0 Å². The van der Waals surface area contributed by atoms with E-state index in [1.807, 2.05) is 36.0 Å². The Hall–Kier alpha value is -2.08. The van der Waals surface area contributed by atoms with Crippen LogP contribution in [0.2, 0.25) is 0 Å². The van der Waals surface area contributed by atoms with Crippen LogP contribution < -0.4 is 5.32 Å². The average Bonchev–Trinajstić information content (AvgIpc) is 3.16. The van der Waals surface area contributed by atoms with E-state index in [1.165, 1.54) is 0 Å². The van der Waals surface area contributed by atoms with Crippen molar-refractivity contribution in [3.8, 4) is 0 Å². The first kappa shape index (κ1) is 15.3. The highest BCUT2D eigenvalue weighted by Crippen LogP contribution is 2.09. The lowest BCUT2D eigenvalue weighted by Crippen LogP contribution is -2.41. The molecule has 2 heterocycles. The number of hydrogen-bond donors (Lipinski definition) is 1. The van der Waals surface area contributed by atoms with Crippen molar-refractivity contribution in [2.45, 2.75) is 32.5 Å². The van der Waals surface area contributed by atoms with Gasteiger partial charge in [0, 0.05) is 25.5 Å². The zero-order valence-corrected chi connectivity index (χ0v) is 12.7. The van der Waals surface area contributed by atoms with Gasteiger partial charge in [0.1, 0.15) is 5.76 Å². The number of nitrogens with one attached hydrogen (secondary N) is 1. The first-order valence-electron chi connectivity index (χ1n) is 7.06. The Morgan fingerprint density at radius 1 is 1.48 bits per heavy atom. The lowest BCUT2D eigenvalue weighted by molar-refractivity contribution is -0.129. The summed E-state index contributed by atoms with van der Waals surface area (Å²) in [7, 11) is 1.77. The minimum atomic E-state index is 0.0333. The highest BCUT2D eigenvalue weighted by atomic mass is 16.3. The molecule has 21 heavy (non-hydrogen) atoms. The quantitative estimate of drug-likeness (QED) is 0.842. The van der Waals surface area contributed by atoms with E-state index in [9.17, 15) is 4.79 Å². The van der Waals surface area contributed by atoms with Crippen molar-refractivity contribution in [1.29, 1.82) is 0 Å². The van der Waals surface area contributed by atoms with Gasteiger partial charge in [0.05, 0.1) is 25.4 Å². The fourth-order valence-electron chi connectivity index (χ4n) is 2.03. The van der Waals surface area contributed by atoms with Gasteiger partial charge in [0.25, 0.3) is 0 Å². The first-order valence-corrected chi connectivity index (χ1v) is 7.06. The normalized spacial score (nSPS) is 13.9. The number of carbonyl (C=O) groups is 1. The molecular formula is C15H22N4O2. The summed E-state index contributed by atoms with van der Waals surface area (Å²) in [6, 6.07) is 5.90. The Morgan fingerprint density at radius 2 is 2.29 bits per heavy atom. The number of nitrogens with zero attached hydrogens (tertiary/aromatic N) is 3. The van der Waals surface area contributed by atoms with E-state index in [0.717, 1.165) is 5.76 Å². The van der Waals surface area contributed by atoms with Crippen molar-refractivity contribution in [3.05, 3.63) is 42.6 Å². The van der Waals surface area contributed by atoms with Crippen LogP contribution in [0.25, 0.3) is 0 Å². The van der Waals surface area contributed by atoms with Gasteiger partial charge >= 0.3 is 0 Å². The van der Waals surface area contributed by atoms with Crippen molar-refractivity contribution in [2.24, 2.45) is 0 Å². The molecule has 114 valence electrons. The molecule has 6 nitrogen and oxygen atoms in total. The Balaban J connectivity index is 1.77. The standard InChI is InChI=1S/C15H22N4O2/c1-12(13(2)19-8-5-7-17-19)16-10-15(20)18(3)11-14-6-4-9-21-14/h4-9,12-13,16H,10-11H2,1-3H3/t12-,13-/m0/s1. The second-order valence-corrected chi connectivity index (χ2v) is 5.23. The second-order valence-electron chi connectivity index (χ2n) is 5.23. The summed E-state index contributed by atoms with van der Waals surface area (Å²) in [5.74, 6) is 0.815. The average molecular weight is 290 g/mol. The highest BCUT2D eigenvalue weighted by Gasteiger charge is 2.16. The van der Waals surface area contributed by atoms with Crippen molar-refractivity contribution < 1.29 is 9.21 Å². The van der Waals surface area contributed by atoms with E-state index in [0.29, 0.717) is 13.1 Å². The van der Waals surface area contributed by atoms with Crippen LogP contribution in [-0.4, -0.2) is 40.2 Å². The number of aromatic nitrogens is 2. The molecule has 6 heteroatoms. The summed E-state index contributed by atoms with van der Waals surface area (Å²) >= 11 is 0. The molecule has 2 rings (SSSR count). The van der Waals surface area contributed by atoms with Gasteiger partial charge in [0.15, 0.2) is 0 Å². The zero-order valence-electron chi connectivity index (χ0n) is 12.7. The predicted octanol–water partition coefficient (Wildman–Crippen LogP) is 1.67. The van der Waals surface area contributed by atoms with Crippen LogP contribution in [0.1, 0.15) is 25.6 Å². The second kappa shape index (κ2) is 7.08. The zero-order chi connectivity index (χ0) is 15.2. The smallest absolute Gasteiger partial charge is 0.236 e. The summed E-state index contributed by atoms with van der Waals surface area (Å²) in [6.07, 6.45) is 5.29. The van der Waals surface area contributed by atoms with E-state index in [1.54, 1.807) is 24.4 Å². The number of amides is 1. The third kappa shape index (κ3) is 4.19. The molecule has 2 aromatic heterocycles. The molecule has 0 spiro atoms. The van der Waals surface area contributed by atoms with Crippen molar-refractivity contribution in [1.82, 2.24) is 20.0 Å². The minimum Gasteiger partial charge on any atom is -0.467 e. The Labute approximate surface area is 124 Å². The van der Waals surface area contributed by atoms with E-state index in [-0.39, 0.29) is 18.0 Å². The van der Waals surface area contributed by atoms with Crippen LogP contribution in [0.15, 0.2) is 41.3 Å². The van der Waals surface area contributed by atoms with Crippen LogP contribution >= 0.6 is 0 Å². The van der Waals surface area contributed by atoms with Gasteiger partial charge < -0.3 is 14.6 Å². The molecule has 1 N–H and O–H groups in total. The molecule has 0 saturated heterocycles. The van der Waals surface area contributed by atoms with Crippen LogP contribution in [0.4, 0.5) is 0 Å². The van der Waals surface area contributed by atoms with Gasteiger partial charge in [-0.1, -0.05) is 0 Å². The maximum absolute atomic E-state index is 12.1. The fraction of sp³-hybridized carbons (Fsp3) is 0.467. The number of rotatable bonds is 7. The van der Waals surface area contributed by atoms with Crippen LogP contribution in [0.3, 0.4) is 0 Å². The molecule has 0 unspecified atom stereocenters. The van der Waals surface area contributed by atoms with Crippen LogP contribution in [0.5, 0.6) is 0 Å². The minimum absolute atomic E-state index is 0.0333. The Kier molecular flexibility index (Phi) is 5.16. The van der Waals surface area contributed by atoms with Crippen molar-refractivity contribution >= 4 is 5.91 Å². The van der Waals surface area contributed by atoms with E-state index in [2.05, 4.69) is 17.3 Å². The molecule has 0 aliphatic rings.